The van der Waals surface area contributed by atoms with Crippen LogP contribution in [0, 0.1) is 0 Å². The van der Waals surface area contributed by atoms with Gasteiger partial charge in [-0.15, -0.1) is 0 Å². The van der Waals surface area contributed by atoms with E-state index in [2.05, 4.69) is 20.3 Å². The quantitative estimate of drug-likeness (QED) is 0.627. The van der Waals surface area contributed by atoms with E-state index >= 15 is 0 Å². The molecule has 0 saturated heterocycles. The highest BCUT2D eigenvalue weighted by Gasteiger charge is 2.12. The molecule has 1 N–H and O–H groups in total. The maximum absolute atomic E-state index is 12.4. The highest BCUT2D eigenvalue weighted by atomic mass is 16.5. The molecule has 1 aromatic carbocycles. The third-order valence-electron chi connectivity index (χ3n) is 3.61. The summed E-state index contributed by atoms with van der Waals surface area (Å²) in [5, 5.41) is 2.77. The average Bonchev–Trinajstić information content (AvgIpc) is 2.99. The number of aromatic nitrogens is 4. The zero-order valence-electron chi connectivity index (χ0n) is 12.8. The van der Waals surface area contributed by atoms with Crippen molar-refractivity contribution in [2.24, 2.45) is 0 Å². The number of fused-ring (bicyclic) bond motifs is 3. The van der Waals surface area contributed by atoms with Gasteiger partial charge in [0, 0.05) is 24.1 Å². The van der Waals surface area contributed by atoms with E-state index < -0.39 is 0 Å². The number of hydrogen-bond acceptors (Lipinski definition) is 5. The first kappa shape index (κ1) is 14.1. The van der Waals surface area contributed by atoms with E-state index in [1.165, 1.54) is 7.11 Å². The van der Waals surface area contributed by atoms with E-state index in [4.69, 9.17) is 4.74 Å². The Bertz CT molecular complexity index is 1060. The predicted molar refractivity (Wildman–Crippen MR) is 89.2 cm³/mol. The average molecular weight is 319 g/mol. The molecule has 3 aromatic heterocycles. The summed E-state index contributed by atoms with van der Waals surface area (Å²) in [7, 11) is 1.52. The van der Waals surface area contributed by atoms with Gasteiger partial charge in [0.2, 0.25) is 11.7 Å². The largest absolute Gasteiger partial charge is 0.481 e. The van der Waals surface area contributed by atoms with Crippen molar-refractivity contribution in [2.75, 3.05) is 12.4 Å². The molecule has 4 aromatic rings. The number of nitrogens with one attached hydrogen (secondary N) is 1. The number of ether oxygens (including phenoxy) is 1. The minimum atomic E-state index is -0.321. The van der Waals surface area contributed by atoms with Crippen molar-refractivity contribution in [1.29, 1.82) is 0 Å². The highest BCUT2D eigenvalue weighted by Crippen LogP contribution is 2.17. The Balaban J connectivity index is 1.67. The number of carbonyl (C=O) groups excluding carboxylic acids is 1. The van der Waals surface area contributed by atoms with Crippen molar-refractivity contribution in [1.82, 2.24) is 19.4 Å². The summed E-state index contributed by atoms with van der Waals surface area (Å²) < 4.78 is 6.89. The van der Waals surface area contributed by atoms with Gasteiger partial charge < -0.3 is 10.1 Å². The van der Waals surface area contributed by atoms with Crippen LogP contribution in [0.25, 0.3) is 16.8 Å². The SMILES string of the molecule is COc1cc(NC(=O)c2ccn3c(n2)nc2ccccc23)ccn1. The Labute approximate surface area is 137 Å². The molecule has 0 aliphatic rings. The lowest BCUT2D eigenvalue weighted by Gasteiger charge is -2.06. The lowest BCUT2D eigenvalue weighted by molar-refractivity contribution is 0.102. The summed E-state index contributed by atoms with van der Waals surface area (Å²) in [5.74, 6) is 0.588. The fourth-order valence-corrected chi connectivity index (χ4v) is 2.47. The molecular weight excluding hydrogens is 306 g/mol. The van der Waals surface area contributed by atoms with E-state index in [0.717, 1.165) is 11.0 Å². The van der Waals surface area contributed by atoms with Gasteiger partial charge in [0.25, 0.3) is 5.91 Å². The number of hydrogen-bond donors (Lipinski definition) is 1. The van der Waals surface area contributed by atoms with Crippen LogP contribution in [0.1, 0.15) is 10.5 Å². The van der Waals surface area contributed by atoms with Crippen molar-refractivity contribution in [3.8, 4) is 5.88 Å². The van der Waals surface area contributed by atoms with Gasteiger partial charge in [-0.25, -0.2) is 15.0 Å². The molecule has 7 nitrogen and oxygen atoms in total. The topological polar surface area (TPSA) is 81.4 Å². The molecule has 0 aliphatic heterocycles. The van der Waals surface area contributed by atoms with Gasteiger partial charge >= 0.3 is 0 Å². The smallest absolute Gasteiger partial charge is 0.274 e. The van der Waals surface area contributed by atoms with Crippen molar-refractivity contribution in [3.63, 3.8) is 0 Å². The van der Waals surface area contributed by atoms with Crippen LogP contribution in [-0.4, -0.2) is 32.4 Å². The molecule has 3 heterocycles. The second kappa shape index (κ2) is 5.62. The number of nitrogens with zero attached hydrogens (tertiary/aromatic N) is 4. The zero-order chi connectivity index (χ0) is 16.5. The minimum Gasteiger partial charge on any atom is -0.481 e. The van der Waals surface area contributed by atoms with Crippen molar-refractivity contribution < 1.29 is 9.53 Å². The maximum Gasteiger partial charge on any atom is 0.274 e. The summed E-state index contributed by atoms with van der Waals surface area (Å²) in [6.45, 7) is 0. The van der Waals surface area contributed by atoms with E-state index in [-0.39, 0.29) is 11.6 Å². The molecular formula is C17H13N5O2. The number of methoxy groups -OCH3 is 1. The number of carbonyl (C=O) groups is 1. The van der Waals surface area contributed by atoms with Crippen LogP contribution in [0.3, 0.4) is 0 Å². The third kappa shape index (κ3) is 2.41. The van der Waals surface area contributed by atoms with Gasteiger partial charge in [-0.3, -0.25) is 9.20 Å². The van der Waals surface area contributed by atoms with Crippen LogP contribution in [-0.2, 0) is 0 Å². The predicted octanol–water partition coefficient (Wildman–Crippen LogP) is 2.54. The number of imidazole rings is 1. The Kier molecular flexibility index (Phi) is 3.31. The second-order valence-corrected chi connectivity index (χ2v) is 5.12. The highest BCUT2D eigenvalue weighted by molar-refractivity contribution is 6.03. The monoisotopic (exact) mass is 319 g/mol. The van der Waals surface area contributed by atoms with E-state index in [1.54, 1.807) is 30.6 Å². The van der Waals surface area contributed by atoms with Gasteiger partial charge in [-0.2, -0.15) is 0 Å². The molecule has 7 heteroatoms. The first-order chi connectivity index (χ1) is 11.7. The summed E-state index contributed by atoms with van der Waals surface area (Å²) >= 11 is 0. The molecule has 1 amide bonds. The van der Waals surface area contributed by atoms with Crippen LogP contribution < -0.4 is 10.1 Å². The van der Waals surface area contributed by atoms with E-state index in [9.17, 15) is 4.79 Å². The number of para-hydroxylation sites is 2. The summed E-state index contributed by atoms with van der Waals surface area (Å²) in [5.41, 5.74) is 2.66. The first-order valence-corrected chi connectivity index (χ1v) is 7.30. The number of anilines is 1. The third-order valence-corrected chi connectivity index (χ3v) is 3.61. The minimum absolute atomic E-state index is 0.286. The van der Waals surface area contributed by atoms with E-state index in [0.29, 0.717) is 17.3 Å². The second-order valence-electron chi connectivity index (χ2n) is 5.12. The number of benzene rings is 1. The molecule has 0 spiro atoms. The molecule has 0 fully saturated rings. The fourth-order valence-electron chi connectivity index (χ4n) is 2.47. The van der Waals surface area contributed by atoms with Crippen LogP contribution in [0.2, 0.25) is 0 Å². The van der Waals surface area contributed by atoms with Crippen LogP contribution in [0.15, 0.2) is 54.9 Å². The number of amides is 1. The van der Waals surface area contributed by atoms with Crippen LogP contribution >= 0.6 is 0 Å². The number of rotatable bonds is 3. The van der Waals surface area contributed by atoms with Crippen molar-refractivity contribution in [2.45, 2.75) is 0 Å². The van der Waals surface area contributed by atoms with Gasteiger partial charge in [0.15, 0.2) is 0 Å². The normalized spacial score (nSPS) is 10.9. The van der Waals surface area contributed by atoms with E-state index in [1.807, 2.05) is 28.7 Å². The first-order valence-electron chi connectivity index (χ1n) is 7.30. The summed E-state index contributed by atoms with van der Waals surface area (Å²) in [6.07, 6.45) is 3.35. The summed E-state index contributed by atoms with van der Waals surface area (Å²) in [4.78, 5) is 25.2. The zero-order valence-corrected chi connectivity index (χ0v) is 12.8. The molecule has 0 atom stereocenters. The van der Waals surface area contributed by atoms with Gasteiger partial charge in [-0.05, 0) is 24.3 Å². The maximum atomic E-state index is 12.4. The molecule has 118 valence electrons. The van der Waals surface area contributed by atoms with Gasteiger partial charge in [-0.1, -0.05) is 12.1 Å². The molecule has 0 saturated carbocycles. The van der Waals surface area contributed by atoms with Crippen molar-refractivity contribution in [3.05, 3.63) is 60.6 Å². The molecule has 24 heavy (non-hydrogen) atoms. The summed E-state index contributed by atoms with van der Waals surface area (Å²) in [6, 6.07) is 12.7. The molecule has 4 rings (SSSR count). The van der Waals surface area contributed by atoms with Crippen LogP contribution in [0.4, 0.5) is 5.69 Å². The van der Waals surface area contributed by atoms with Gasteiger partial charge in [0.1, 0.15) is 5.69 Å². The molecule has 0 aliphatic carbocycles. The standard InChI is InChI=1S/C17H13N5O2/c1-24-15-10-11(6-8-18-15)19-16(23)13-7-9-22-14-5-3-2-4-12(14)20-17(22)21-13/h2-10H,1H3,(H,18,19,23). The van der Waals surface area contributed by atoms with Crippen LogP contribution in [0.5, 0.6) is 5.88 Å². The lowest BCUT2D eigenvalue weighted by atomic mass is 10.3. The Morgan fingerprint density at radius 1 is 1.17 bits per heavy atom. The molecule has 0 unspecified atom stereocenters. The van der Waals surface area contributed by atoms with Crippen molar-refractivity contribution >= 4 is 28.4 Å². The molecule has 0 radical (unpaired) electrons. The van der Waals surface area contributed by atoms with Gasteiger partial charge in [0.05, 0.1) is 18.1 Å². The Morgan fingerprint density at radius 2 is 2.04 bits per heavy atom. The number of pyridine rings is 1. The molecule has 0 bridgehead atoms. The Morgan fingerprint density at radius 3 is 2.92 bits per heavy atom. The Hall–Kier alpha value is -3.48. The lowest BCUT2D eigenvalue weighted by Crippen LogP contribution is -2.14. The fraction of sp³-hybridized carbons (Fsp3) is 0.0588.